The predicted octanol–water partition coefficient (Wildman–Crippen LogP) is -0.0100. The van der Waals surface area contributed by atoms with Crippen molar-refractivity contribution in [2.45, 2.75) is 0 Å². The minimum atomic E-state index is 0. The van der Waals surface area contributed by atoms with E-state index in [0.29, 0.717) is 0 Å². The molecule has 0 saturated heterocycles. The molecule has 0 bridgehead atoms. The summed E-state index contributed by atoms with van der Waals surface area (Å²) in [6, 6.07) is 0. The van der Waals surface area contributed by atoms with Crippen LogP contribution in [0, 0.1) is 0 Å². The van der Waals surface area contributed by atoms with Crippen LogP contribution in [0.4, 0.5) is 0 Å². The van der Waals surface area contributed by atoms with Crippen LogP contribution in [0.3, 0.4) is 0 Å². The zero-order chi connectivity index (χ0) is 0. The summed E-state index contributed by atoms with van der Waals surface area (Å²) in [5.74, 6) is 0. The van der Waals surface area contributed by atoms with E-state index in [1.54, 1.807) is 0 Å². The molecule has 0 aromatic rings. The fourth-order valence-electron chi connectivity index (χ4n) is 0. The number of hydrogen-bond acceptors (Lipinski definition) is 0. The first-order valence-electron chi connectivity index (χ1n) is 0. The van der Waals surface area contributed by atoms with Crippen molar-refractivity contribution >= 4 is 0 Å². The Kier molecular flexibility index (Phi) is 157. The minimum Gasteiger partial charge on any atom is 0 e. The standard InChI is InChI=1S/Cu.Fe.Mn.Ti. The molecule has 0 fully saturated rings. The molecule has 0 amide bonds. The van der Waals surface area contributed by atoms with Gasteiger partial charge in [0.1, 0.15) is 0 Å². The van der Waals surface area contributed by atoms with Gasteiger partial charge in [-0.1, -0.05) is 0 Å². The first-order chi connectivity index (χ1) is 0. The summed E-state index contributed by atoms with van der Waals surface area (Å²) in [5.41, 5.74) is 0. The maximum absolute atomic E-state index is 0. The first kappa shape index (κ1) is 33.8. The van der Waals surface area contributed by atoms with Gasteiger partial charge in [-0.3, -0.25) is 0 Å². The third-order valence-electron chi connectivity index (χ3n) is 0. The number of hydrogen-bond donors (Lipinski definition) is 0. The monoisotopic (exact) mass is 222 g/mol. The maximum atomic E-state index is 0. The Balaban J connectivity index is 0. The third-order valence-corrected chi connectivity index (χ3v) is 0. The molecule has 4 heavy (non-hydrogen) atoms. The van der Waals surface area contributed by atoms with Gasteiger partial charge in [-0.05, 0) is 0 Å². The van der Waals surface area contributed by atoms with E-state index in [1.165, 1.54) is 0 Å². The van der Waals surface area contributed by atoms with Crippen LogP contribution >= 0.6 is 0 Å². The fraction of sp³-hybridized carbons (Fsp3) is 0. The van der Waals surface area contributed by atoms with Crippen LogP contribution in [0.25, 0.3) is 0 Å². The predicted molar refractivity (Wildman–Crippen MR) is 0 cm³/mol. The van der Waals surface area contributed by atoms with Crippen LogP contribution < -0.4 is 0 Å². The van der Waals surface area contributed by atoms with Crippen molar-refractivity contribution in [3.63, 3.8) is 0 Å². The van der Waals surface area contributed by atoms with Crippen molar-refractivity contribution in [1.82, 2.24) is 0 Å². The molecule has 0 unspecified atom stereocenters. The van der Waals surface area contributed by atoms with E-state index < -0.39 is 0 Å². The molecule has 0 rings (SSSR count). The second kappa shape index (κ2) is 18.6. The van der Waals surface area contributed by atoms with Crippen LogP contribution in [0.5, 0.6) is 0 Å². The molecule has 0 aliphatic rings. The molecule has 0 atom stereocenters. The summed E-state index contributed by atoms with van der Waals surface area (Å²) >= 11 is 0. The smallest absolute Gasteiger partial charge is 0 e. The Bertz CT molecular complexity index is 8.00. The van der Waals surface area contributed by atoms with Crippen molar-refractivity contribution < 1.29 is 72.9 Å². The van der Waals surface area contributed by atoms with Crippen LogP contribution in [0.2, 0.25) is 0 Å². The average molecular weight is 222 g/mol. The quantitative estimate of drug-likeness (QED) is 0.506. The first-order valence-corrected chi connectivity index (χ1v) is 0. The molecule has 0 spiro atoms. The average Bonchev–Trinajstić information content (AvgIpc) is 0. The van der Waals surface area contributed by atoms with Gasteiger partial charge in [0.15, 0.2) is 0 Å². The van der Waals surface area contributed by atoms with Gasteiger partial charge < -0.3 is 0 Å². The van der Waals surface area contributed by atoms with E-state index in [9.17, 15) is 0 Å². The van der Waals surface area contributed by atoms with E-state index in [0.717, 1.165) is 0 Å². The summed E-state index contributed by atoms with van der Waals surface area (Å²) in [6.07, 6.45) is 0. The van der Waals surface area contributed by atoms with Gasteiger partial charge in [-0.15, -0.1) is 0 Å². The van der Waals surface area contributed by atoms with Crippen LogP contribution in [-0.4, -0.2) is 0 Å². The van der Waals surface area contributed by atoms with Crippen LogP contribution in [-0.2, 0) is 72.9 Å². The molecular formula is CuFeMnTi. The van der Waals surface area contributed by atoms with Crippen LogP contribution in [0.15, 0.2) is 0 Å². The maximum Gasteiger partial charge on any atom is 0 e. The fourth-order valence-corrected chi connectivity index (χ4v) is 0. The molecule has 0 heterocycles. The molecule has 0 aliphatic carbocycles. The minimum absolute atomic E-state index is 0. The van der Waals surface area contributed by atoms with Gasteiger partial charge in [-0.2, -0.15) is 0 Å². The Morgan fingerprint density at radius 2 is 1.00 bits per heavy atom. The van der Waals surface area contributed by atoms with Gasteiger partial charge in [0.05, 0.1) is 0 Å². The van der Waals surface area contributed by atoms with Crippen molar-refractivity contribution in [2.75, 3.05) is 0 Å². The second-order valence-corrected chi connectivity index (χ2v) is 0. The normalized spacial score (nSPS) is 0. The Morgan fingerprint density at radius 3 is 1.00 bits per heavy atom. The summed E-state index contributed by atoms with van der Waals surface area (Å²) in [7, 11) is 0. The zero-order valence-electron chi connectivity index (χ0n) is 1.53. The van der Waals surface area contributed by atoms with Gasteiger partial charge in [-0.25, -0.2) is 0 Å². The van der Waals surface area contributed by atoms with E-state index in [1.807, 2.05) is 0 Å². The zero-order valence-corrected chi connectivity index (χ0v) is 6.32. The van der Waals surface area contributed by atoms with Gasteiger partial charge >= 0.3 is 0 Å². The molecule has 0 nitrogen and oxygen atoms in total. The summed E-state index contributed by atoms with van der Waals surface area (Å²) < 4.78 is 0. The second-order valence-electron chi connectivity index (χ2n) is 0. The van der Waals surface area contributed by atoms with E-state index in [2.05, 4.69) is 0 Å². The molecule has 0 saturated carbocycles. The molecule has 30 valence electrons. The van der Waals surface area contributed by atoms with Gasteiger partial charge in [0.25, 0.3) is 0 Å². The Labute approximate surface area is 72.2 Å². The van der Waals surface area contributed by atoms with E-state index in [4.69, 9.17) is 0 Å². The molecule has 4 heteroatoms. The third kappa shape index (κ3) is 8.86. The van der Waals surface area contributed by atoms with Crippen LogP contribution in [0.1, 0.15) is 0 Å². The molecule has 0 N–H and O–H groups in total. The largest absolute Gasteiger partial charge is 0 e. The number of rotatable bonds is 0. The molecule has 0 aromatic carbocycles. The summed E-state index contributed by atoms with van der Waals surface area (Å²) in [6.45, 7) is 0. The topological polar surface area (TPSA) is 0 Å². The SMILES string of the molecule is [Cu].[Fe].[Mn].[Ti]. The van der Waals surface area contributed by atoms with Crippen molar-refractivity contribution in [3.8, 4) is 0 Å². The van der Waals surface area contributed by atoms with Gasteiger partial charge in [0.2, 0.25) is 0 Å². The van der Waals surface area contributed by atoms with E-state index >= 15 is 0 Å². The van der Waals surface area contributed by atoms with Gasteiger partial charge in [0, 0.05) is 72.9 Å². The van der Waals surface area contributed by atoms with Crippen molar-refractivity contribution in [2.24, 2.45) is 0 Å². The van der Waals surface area contributed by atoms with E-state index in [-0.39, 0.29) is 72.9 Å². The summed E-state index contributed by atoms with van der Waals surface area (Å²) in [4.78, 5) is 0. The Hall–Kier alpha value is 2.27. The van der Waals surface area contributed by atoms with Crippen molar-refractivity contribution in [1.29, 1.82) is 0 Å². The molecule has 0 aliphatic heterocycles. The Morgan fingerprint density at radius 1 is 1.00 bits per heavy atom. The molecule has 2 radical (unpaired) electrons. The van der Waals surface area contributed by atoms with Crippen molar-refractivity contribution in [3.05, 3.63) is 0 Å². The summed E-state index contributed by atoms with van der Waals surface area (Å²) in [5, 5.41) is 0. The molecular weight excluding hydrogens is 222 g/mol. The molecule has 0 aromatic heterocycles.